The standard InChI is InChI=1S/C55H96N16O12S/c1-6-32(4)12-10-11-15-44(73)62-35(16-22-56)52(80)71-45(33(5)72)55(83)67-39(20-26-60)48(76)66-40-21-27-61-46(74)43(30-84)70-50(78)38(19-25-59)63-47(75)36(17-23-57)65-53(81)41(28-31(2)3)68-54(82)42(29-34-13-8-7-9-14-34)69-49(77)37(18-24-58)64-51(40)79/h7-9,13-14,31-33,35-43,45,72,84H,6,10-12,15-30,56-60H2,1-5H3,(H,61,74)(H,62,73)(H,63,75)(H,64,79)(H,65,81)(H,66,76)(H,67,83)(H,68,82)(H,69,77)(H,70,78)(H,71,80)/t32-,33+,35-,36-,37-,38-,39-,40-,41-,42+,43-,45-/m0/s1. The van der Waals surface area contributed by atoms with Gasteiger partial charge in [0.2, 0.25) is 65.0 Å². The van der Waals surface area contributed by atoms with E-state index in [9.17, 15) is 57.8 Å². The zero-order chi connectivity index (χ0) is 62.9. The predicted molar refractivity (Wildman–Crippen MR) is 318 cm³/mol. The Kier molecular flexibility index (Phi) is 35.0. The fourth-order valence-corrected chi connectivity index (χ4v) is 9.20. The van der Waals surface area contributed by atoms with E-state index < -0.39 is 138 Å². The maximum atomic E-state index is 14.5. The Morgan fingerprint density at radius 3 is 1.57 bits per heavy atom. The van der Waals surface area contributed by atoms with E-state index in [1.165, 1.54) is 6.92 Å². The number of benzene rings is 1. The largest absolute Gasteiger partial charge is 0.391 e. The number of hydrogen-bond donors (Lipinski definition) is 18. The summed E-state index contributed by atoms with van der Waals surface area (Å²) in [5, 5.41) is 39.3. The Hall–Kier alpha value is -6.50. The first-order valence-corrected chi connectivity index (χ1v) is 29.7. The van der Waals surface area contributed by atoms with Crippen molar-refractivity contribution in [2.45, 2.75) is 185 Å². The lowest BCUT2D eigenvalue weighted by atomic mass is 10.00. The van der Waals surface area contributed by atoms with Gasteiger partial charge in [-0.3, -0.25) is 52.7 Å². The molecular weight excluding hydrogens is 1110 g/mol. The molecule has 1 heterocycles. The number of rotatable bonds is 29. The van der Waals surface area contributed by atoms with Crippen LogP contribution in [0.3, 0.4) is 0 Å². The van der Waals surface area contributed by atoms with Gasteiger partial charge < -0.3 is 92.3 Å². The van der Waals surface area contributed by atoms with Gasteiger partial charge in [0.15, 0.2) is 0 Å². The zero-order valence-electron chi connectivity index (χ0n) is 49.3. The van der Waals surface area contributed by atoms with Gasteiger partial charge in [0.05, 0.1) is 6.10 Å². The lowest BCUT2D eigenvalue weighted by Crippen LogP contribution is -2.62. The molecule has 1 fully saturated rings. The number of carbonyl (C=O) groups excluding carboxylic acids is 11. The number of carbonyl (C=O) groups is 11. The Labute approximate surface area is 498 Å². The fraction of sp³-hybridized carbons (Fsp3) is 0.691. The lowest BCUT2D eigenvalue weighted by Gasteiger charge is -2.29. The van der Waals surface area contributed by atoms with Gasteiger partial charge in [0.25, 0.3) is 0 Å². The third-order valence-corrected chi connectivity index (χ3v) is 14.4. The molecule has 1 saturated heterocycles. The maximum absolute atomic E-state index is 14.5. The van der Waals surface area contributed by atoms with Crippen LogP contribution in [-0.2, 0) is 59.2 Å². The molecule has 474 valence electrons. The highest BCUT2D eigenvalue weighted by Gasteiger charge is 2.37. The van der Waals surface area contributed by atoms with E-state index in [-0.39, 0.29) is 102 Å². The number of thiol groups is 1. The summed E-state index contributed by atoms with van der Waals surface area (Å²) < 4.78 is 0. The third-order valence-electron chi connectivity index (χ3n) is 14.0. The minimum absolute atomic E-state index is 0.00774. The van der Waals surface area contributed by atoms with Crippen molar-refractivity contribution in [3.05, 3.63) is 35.9 Å². The molecule has 0 spiro atoms. The maximum Gasteiger partial charge on any atom is 0.245 e. The second-order valence-electron chi connectivity index (χ2n) is 21.6. The van der Waals surface area contributed by atoms with Crippen LogP contribution in [0.15, 0.2) is 30.3 Å². The molecule has 1 aromatic rings. The second kappa shape index (κ2) is 39.9. The molecule has 29 heteroatoms. The van der Waals surface area contributed by atoms with Crippen molar-refractivity contribution in [2.24, 2.45) is 40.5 Å². The van der Waals surface area contributed by atoms with Gasteiger partial charge in [-0.15, -0.1) is 0 Å². The van der Waals surface area contributed by atoms with Crippen LogP contribution in [0.5, 0.6) is 0 Å². The Morgan fingerprint density at radius 1 is 0.583 bits per heavy atom. The Morgan fingerprint density at radius 2 is 1.07 bits per heavy atom. The number of nitrogens with two attached hydrogens (primary N) is 5. The molecule has 1 aliphatic heterocycles. The highest BCUT2D eigenvalue weighted by Crippen LogP contribution is 2.14. The number of aliphatic hydroxyl groups is 1. The monoisotopic (exact) mass is 1200 g/mol. The van der Waals surface area contributed by atoms with Crippen LogP contribution in [0.2, 0.25) is 0 Å². The topological polar surface area (TPSA) is 470 Å². The van der Waals surface area contributed by atoms with Crippen LogP contribution in [-0.4, -0.2) is 182 Å². The minimum Gasteiger partial charge on any atom is -0.391 e. The summed E-state index contributed by atoms with van der Waals surface area (Å²) >= 11 is 4.26. The normalized spacial score (nSPS) is 22.6. The number of unbranched alkanes of at least 4 members (excludes halogenated alkanes) is 1. The predicted octanol–water partition coefficient (Wildman–Crippen LogP) is -4.70. The molecule has 0 bridgehead atoms. The molecule has 0 aliphatic carbocycles. The van der Waals surface area contributed by atoms with Gasteiger partial charge in [0.1, 0.15) is 60.4 Å². The molecule has 2 rings (SSSR count). The number of amides is 11. The minimum atomic E-state index is -1.68. The molecule has 0 radical (unpaired) electrons. The van der Waals surface area contributed by atoms with Crippen molar-refractivity contribution in [2.75, 3.05) is 45.0 Å². The Balaban J connectivity index is 2.64. The summed E-state index contributed by atoms with van der Waals surface area (Å²) in [6.45, 7) is 8.05. The molecule has 0 saturated carbocycles. The second-order valence-corrected chi connectivity index (χ2v) is 21.9. The molecule has 28 nitrogen and oxygen atoms in total. The van der Waals surface area contributed by atoms with E-state index in [2.05, 4.69) is 85.0 Å². The highest BCUT2D eigenvalue weighted by atomic mass is 32.1. The quantitative estimate of drug-likeness (QED) is 0.0265. The molecule has 84 heavy (non-hydrogen) atoms. The molecule has 1 aromatic carbocycles. The van der Waals surface area contributed by atoms with Crippen LogP contribution in [0, 0.1) is 11.8 Å². The molecule has 11 amide bonds. The first kappa shape index (κ1) is 73.6. The molecule has 0 aromatic heterocycles. The van der Waals surface area contributed by atoms with Crippen molar-refractivity contribution in [1.29, 1.82) is 0 Å². The SMILES string of the molecule is CC[C@H](C)CCCCC(=O)N[C@@H](CCN)C(=O)N[C@H](C(=O)N[C@@H](CCN)C(=O)N[C@H]1CCNC(=O)[C@H](CS)NC(=O)[C@H](CCN)NC(=O)[C@H](CCN)NC(=O)[C@H](CC(C)C)NC(=O)[C@@H](Cc2ccccc2)NC(=O)[C@H](CCN)NC1=O)[C@@H](C)O. The average Bonchev–Trinajstić information content (AvgIpc) is 3.53. The van der Waals surface area contributed by atoms with Crippen LogP contribution < -0.4 is 87.2 Å². The summed E-state index contributed by atoms with van der Waals surface area (Å²) in [5.41, 5.74) is 30.0. The summed E-state index contributed by atoms with van der Waals surface area (Å²) in [6, 6.07) is -5.55. The van der Waals surface area contributed by atoms with Crippen molar-refractivity contribution in [3.8, 4) is 0 Å². The smallest absolute Gasteiger partial charge is 0.245 e. The van der Waals surface area contributed by atoms with E-state index in [0.29, 0.717) is 17.9 Å². The summed E-state index contributed by atoms with van der Waals surface area (Å²) in [7, 11) is 0. The van der Waals surface area contributed by atoms with E-state index in [1.807, 2.05) is 0 Å². The Bertz CT molecular complexity index is 2290. The zero-order valence-corrected chi connectivity index (χ0v) is 50.2. The fourth-order valence-electron chi connectivity index (χ4n) is 8.94. The van der Waals surface area contributed by atoms with Crippen LogP contribution in [0.4, 0.5) is 0 Å². The van der Waals surface area contributed by atoms with Gasteiger partial charge in [-0.05, 0) is 108 Å². The van der Waals surface area contributed by atoms with Crippen LogP contribution in [0.25, 0.3) is 0 Å². The lowest BCUT2D eigenvalue weighted by molar-refractivity contribution is -0.137. The summed E-state index contributed by atoms with van der Waals surface area (Å²) in [5.74, 6) is -9.21. The first-order valence-electron chi connectivity index (χ1n) is 29.1. The van der Waals surface area contributed by atoms with E-state index in [1.54, 1.807) is 44.2 Å². The summed E-state index contributed by atoms with van der Waals surface area (Å²) in [4.78, 5) is 153. The van der Waals surface area contributed by atoms with Crippen molar-refractivity contribution in [1.82, 2.24) is 58.5 Å². The van der Waals surface area contributed by atoms with Gasteiger partial charge in [-0.1, -0.05) is 77.3 Å². The highest BCUT2D eigenvalue weighted by molar-refractivity contribution is 7.80. The number of nitrogens with one attached hydrogen (secondary N) is 11. The van der Waals surface area contributed by atoms with E-state index in [0.717, 1.165) is 19.3 Å². The number of aliphatic hydroxyl groups excluding tert-OH is 1. The molecule has 22 N–H and O–H groups in total. The molecular formula is C55H96N16O12S. The van der Waals surface area contributed by atoms with Crippen molar-refractivity contribution >= 4 is 77.6 Å². The first-order chi connectivity index (χ1) is 40.0. The van der Waals surface area contributed by atoms with Gasteiger partial charge in [-0.25, -0.2) is 0 Å². The molecule has 0 unspecified atom stereocenters. The van der Waals surface area contributed by atoms with Crippen LogP contribution in [0.1, 0.15) is 117 Å². The number of hydrogen-bond acceptors (Lipinski definition) is 18. The molecule has 12 atom stereocenters. The molecule has 1 aliphatic rings. The van der Waals surface area contributed by atoms with Crippen LogP contribution >= 0.6 is 12.6 Å². The van der Waals surface area contributed by atoms with Crippen molar-refractivity contribution < 1.29 is 57.8 Å². The average molecular weight is 1210 g/mol. The third kappa shape index (κ3) is 26.6. The van der Waals surface area contributed by atoms with Gasteiger partial charge >= 0.3 is 0 Å². The van der Waals surface area contributed by atoms with Crippen molar-refractivity contribution in [3.63, 3.8) is 0 Å². The van der Waals surface area contributed by atoms with E-state index in [4.69, 9.17) is 28.7 Å². The van der Waals surface area contributed by atoms with Gasteiger partial charge in [-0.2, -0.15) is 12.6 Å². The van der Waals surface area contributed by atoms with E-state index >= 15 is 0 Å². The van der Waals surface area contributed by atoms with Gasteiger partial charge in [0, 0.05) is 25.1 Å². The summed E-state index contributed by atoms with van der Waals surface area (Å²) in [6.07, 6.45) is 0.803.